The highest BCUT2D eigenvalue weighted by Crippen LogP contribution is 2.42. The van der Waals surface area contributed by atoms with E-state index in [1.165, 1.54) is 0 Å². The Labute approximate surface area is 143 Å². The molecule has 1 N–H and O–H groups in total. The first kappa shape index (κ1) is 15.1. The lowest BCUT2D eigenvalue weighted by Crippen LogP contribution is -2.23. The molecule has 3 aromatic heterocycles. The Balaban J connectivity index is 2.04. The van der Waals surface area contributed by atoms with Gasteiger partial charge in [0.1, 0.15) is 5.15 Å². The highest BCUT2D eigenvalue weighted by atomic mass is 35.5. The van der Waals surface area contributed by atoms with Gasteiger partial charge in [0.2, 0.25) is 5.91 Å². The molecule has 1 unspecified atom stereocenters. The van der Waals surface area contributed by atoms with Crippen molar-refractivity contribution in [2.24, 2.45) is 7.05 Å². The highest BCUT2D eigenvalue weighted by Gasteiger charge is 2.35. The van der Waals surface area contributed by atoms with Gasteiger partial charge in [-0.05, 0) is 26.8 Å². The predicted molar refractivity (Wildman–Crippen MR) is 90.5 cm³/mol. The Morgan fingerprint density at radius 3 is 2.67 bits per heavy atom. The Bertz CT molecular complexity index is 1000. The van der Waals surface area contributed by atoms with Crippen LogP contribution in [-0.2, 0) is 11.8 Å². The van der Waals surface area contributed by atoms with Crippen molar-refractivity contribution in [3.63, 3.8) is 0 Å². The molecule has 4 heterocycles. The first-order valence-electron chi connectivity index (χ1n) is 7.72. The Morgan fingerprint density at radius 2 is 2.00 bits per heavy atom. The number of carbonyl (C=O) groups excluding carboxylic acids is 1. The third-order valence-corrected chi connectivity index (χ3v) is 4.92. The summed E-state index contributed by atoms with van der Waals surface area (Å²) >= 11 is 6.46. The van der Waals surface area contributed by atoms with Crippen LogP contribution in [0.2, 0.25) is 5.15 Å². The SMILES string of the molecule is Cc1cc(C)n2nc3c(c2n1)C(c1c(C)nn(C)c1Cl)CC(=O)N3. The molecule has 0 aliphatic carbocycles. The van der Waals surface area contributed by atoms with Crippen LogP contribution >= 0.6 is 11.6 Å². The average molecular weight is 345 g/mol. The number of nitrogens with one attached hydrogen (secondary N) is 1. The number of hydrogen-bond donors (Lipinski definition) is 1. The van der Waals surface area contributed by atoms with Gasteiger partial charge in [0.15, 0.2) is 11.5 Å². The number of aromatic nitrogens is 5. The molecule has 8 heteroatoms. The number of amides is 1. The summed E-state index contributed by atoms with van der Waals surface area (Å²) in [6.07, 6.45) is 0.301. The molecule has 0 fully saturated rings. The lowest BCUT2D eigenvalue weighted by molar-refractivity contribution is -0.116. The van der Waals surface area contributed by atoms with Crippen LogP contribution in [0.5, 0.6) is 0 Å². The van der Waals surface area contributed by atoms with Gasteiger partial charge >= 0.3 is 0 Å². The fourth-order valence-electron chi connectivity index (χ4n) is 3.51. The van der Waals surface area contributed by atoms with Crippen LogP contribution in [-0.4, -0.2) is 30.3 Å². The van der Waals surface area contributed by atoms with Crippen LogP contribution in [0.25, 0.3) is 5.65 Å². The molecule has 0 radical (unpaired) electrons. The van der Waals surface area contributed by atoms with E-state index in [-0.39, 0.29) is 11.8 Å². The van der Waals surface area contributed by atoms with E-state index in [2.05, 4.69) is 20.5 Å². The van der Waals surface area contributed by atoms with E-state index in [4.69, 9.17) is 11.6 Å². The summed E-state index contributed by atoms with van der Waals surface area (Å²) in [5.74, 6) is 0.266. The number of anilines is 1. The number of halogens is 1. The molecule has 0 bridgehead atoms. The lowest BCUT2D eigenvalue weighted by Gasteiger charge is -2.21. The zero-order valence-corrected chi connectivity index (χ0v) is 14.6. The average Bonchev–Trinajstić information content (AvgIpc) is 2.96. The van der Waals surface area contributed by atoms with Crippen LogP contribution in [0, 0.1) is 20.8 Å². The summed E-state index contributed by atoms with van der Waals surface area (Å²) in [7, 11) is 1.80. The van der Waals surface area contributed by atoms with Gasteiger partial charge in [0.25, 0.3) is 0 Å². The molecule has 4 rings (SSSR count). The summed E-state index contributed by atoms with van der Waals surface area (Å²) in [4.78, 5) is 16.9. The molecule has 124 valence electrons. The van der Waals surface area contributed by atoms with Crippen LogP contribution in [0.4, 0.5) is 5.82 Å². The first-order chi connectivity index (χ1) is 11.4. The molecule has 3 aromatic rings. The number of fused-ring (bicyclic) bond motifs is 3. The van der Waals surface area contributed by atoms with E-state index in [0.717, 1.165) is 33.9 Å². The summed E-state index contributed by atoms with van der Waals surface area (Å²) in [5, 5.41) is 12.3. The standard InChI is InChI=1S/C16H17ClN6O/c1-7-5-8(2)23-16(18-7)13-10(6-11(24)19-15(13)21-23)12-9(3)20-22(4)14(12)17/h5,10H,6H2,1-4H3,(H,19,21,24). The minimum Gasteiger partial charge on any atom is -0.309 e. The molecule has 24 heavy (non-hydrogen) atoms. The third kappa shape index (κ3) is 2.04. The van der Waals surface area contributed by atoms with E-state index < -0.39 is 0 Å². The van der Waals surface area contributed by atoms with Gasteiger partial charge in [-0.25, -0.2) is 9.50 Å². The van der Waals surface area contributed by atoms with Crippen LogP contribution in [0.3, 0.4) is 0 Å². The zero-order valence-electron chi connectivity index (χ0n) is 13.9. The van der Waals surface area contributed by atoms with Crippen molar-refractivity contribution >= 4 is 29.0 Å². The van der Waals surface area contributed by atoms with Crippen molar-refractivity contribution in [2.45, 2.75) is 33.1 Å². The summed E-state index contributed by atoms with van der Waals surface area (Å²) in [6.45, 7) is 5.83. The van der Waals surface area contributed by atoms with E-state index in [9.17, 15) is 4.79 Å². The van der Waals surface area contributed by atoms with Crippen molar-refractivity contribution in [2.75, 3.05) is 5.32 Å². The van der Waals surface area contributed by atoms with Gasteiger partial charge < -0.3 is 5.32 Å². The van der Waals surface area contributed by atoms with Gasteiger partial charge in [0, 0.05) is 41.9 Å². The Morgan fingerprint density at radius 1 is 1.25 bits per heavy atom. The summed E-state index contributed by atoms with van der Waals surface area (Å²) in [5.41, 5.74) is 5.22. The monoisotopic (exact) mass is 344 g/mol. The van der Waals surface area contributed by atoms with Gasteiger partial charge in [0.05, 0.1) is 5.69 Å². The van der Waals surface area contributed by atoms with Crippen LogP contribution in [0.15, 0.2) is 6.07 Å². The van der Waals surface area contributed by atoms with Crippen molar-refractivity contribution in [1.29, 1.82) is 0 Å². The van der Waals surface area contributed by atoms with Gasteiger partial charge in [-0.15, -0.1) is 5.10 Å². The van der Waals surface area contributed by atoms with Crippen molar-refractivity contribution in [3.8, 4) is 0 Å². The largest absolute Gasteiger partial charge is 0.309 e. The quantitative estimate of drug-likeness (QED) is 0.735. The van der Waals surface area contributed by atoms with Crippen LogP contribution < -0.4 is 5.32 Å². The molecule has 0 saturated carbocycles. The van der Waals surface area contributed by atoms with E-state index in [0.29, 0.717) is 17.4 Å². The number of hydrogen-bond acceptors (Lipinski definition) is 4. The number of carbonyl (C=O) groups is 1. The molecule has 1 atom stereocenters. The second-order valence-electron chi connectivity index (χ2n) is 6.25. The van der Waals surface area contributed by atoms with E-state index in [1.54, 1.807) is 16.2 Å². The summed E-state index contributed by atoms with van der Waals surface area (Å²) < 4.78 is 3.41. The number of aryl methyl sites for hydroxylation is 4. The molecule has 1 aliphatic heterocycles. The second-order valence-corrected chi connectivity index (χ2v) is 6.61. The smallest absolute Gasteiger partial charge is 0.226 e. The number of rotatable bonds is 1. The number of nitrogens with zero attached hydrogens (tertiary/aromatic N) is 5. The maximum Gasteiger partial charge on any atom is 0.226 e. The first-order valence-corrected chi connectivity index (χ1v) is 8.10. The topological polar surface area (TPSA) is 77.1 Å². The fraction of sp³-hybridized carbons (Fsp3) is 0.375. The normalized spacial score (nSPS) is 17.2. The van der Waals surface area contributed by atoms with Gasteiger partial charge in [-0.1, -0.05) is 11.6 Å². The van der Waals surface area contributed by atoms with E-state index in [1.807, 2.05) is 26.8 Å². The second kappa shape index (κ2) is 5.04. The maximum absolute atomic E-state index is 12.2. The van der Waals surface area contributed by atoms with Crippen molar-refractivity contribution < 1.29 is 4.79 Å². The predicted octanol–water partition coefficient (Wildman–Crippen LogP) is 2.52. The van der Waals surface area contributed by atoms with Crippen LogP contribution in [0.1, 0.15) is 40.5 Å². The molecule has 0 aromatic carbocycles. The molecule has 0 spiro atoms. The van der Waals surface area contributed by atoms with Crippen molar-refractivity contribution in [3.05, 3.63) is 39.4 Å². The zero-order chi connectivity index (χ0) is 17.2. The third-order valence-electron chi connectivity index (χ3n) is 4.47. The highest BCUT2D eigenvalue weighted by molar-refractivity contribution is 6.30. The molecule has 7 nitrogen and oxygen atoms in total. The molecular weight excluding hydrogens is 328 g/mol. The minimum atomic E-state index is -0.207. The van der Waals surface area contributed by atoms with Crippen molar-refractivity contribution in [1.82, 2.24) is 24.4 Å². The van der Waals surface area contributed by atoms with E-state index >= 15 is 0 Å². The fourth-order valence-corrected chi connectivity index (χ4v) is 3.82. The van der Waals surface area contributed by atoms with Gasteiger partial charge in [-0.2, -0.15) is 5.10 Å². The Hall–Kier alpha value is -2.41. The maximum atomic E-state index is 12.2. The minimum absolute atomic E-state index is 0.0791. The molecule has 0 saturated heterocycles. The van der Waals surface area contributed by atoms with Gasteiger partial charge in [-0.3, -0.25) is 9.48 Å². The molecule has 1 aliphatic rings. The Kier molecular flexibility index (Phi) is 3.18. The summed E-state index contributed by atoms with van der Waals surface area (Å²) in [6, 6.07) is 1.96. The molecule has 1 amide bonds. The lowest BCUT2D eigenvalue weighted by atomic mass is 9.87. The molecular formula is C16H17ClN6O.